The van der Waals surface area contributed by atoms with Gasteiger partial charge in [-0.3, -0.25) is 9.59 Å². The molecule has 0 amide bonds. The van der Waals surface area contributed by atoms with Crippen molar-refractivity contribution in [2.24, 2.45) is 0 Å². The number of nitrogens with zero attached hydrogens (tertiary/aromatic N) is 1. The van der Waals surface area contributed by atoms with Crippen molar-refractivity contribution in [2.75, 3.05) is 0 Å². The van der Waals surface area contributed by atoms with E-state index in [-0.39, 0.29) is 22.2 Å². The first kappa shape index (κ1) is 19.8. The van der Waals surface area contributed by atoms with E-state index in [0.717, 1.165) is 0 Å². The van der Waals surface area contributed by atoms with Crippen molar-refractivity contribution in [3.05, 3.63) is 63.6 Å². The van der Waals surface area contributed by atoms with E-state index in [4.69, 9.17) is 16.3 Å². The molecule has 1 atom stereocenters. The van der Waals surface area contributed by atoms with E-state index < -0.39 is 17.9 Å². The highest BCUT2D eigenvalue weighted by molar-refractivity contribution is 6.30. The molecular weight excluding hydrogens is 380 g/mol. The lowest BCUT2D eigenvalue weighted by Crippen LogP contribution is -2.25. The van der Waals surface area contributed by atoms with Crippen molar-refractivity contribution in [2.45, 2.75) is 33.8 Å². The fourth-order valence-electron chi connectivity index (χ4n) is 3.32. The number of H-pyrrole nitrogens is 1. The number of fused-ring (bicyclic) bond motifs is 1. The Morgan fingerprint density at radius 3 is 2.50 bits per heavy atom. The van der Waals surface area contributed by atoms with Gasteiger partial charge in [-0.05, 0) is 45.4 Å². The van der Waals surface area contributed by atoms with Crippen LogP contribution in [0.15, 0.2) is 30.3 Å². The first-order valence-corrected chi connectivity index (χ1v) is 9.09. The third-order valence-corrected chi connectivity index (χ3v) is 4.79. The number of aromatic amines is 1. The van der Waals surface area contributed by atoms with Gasteiger partial charge in [-0.25, -0.2) is 9.78 Å². The Morgan fingerprint density at radius 1 is 1.18 bits per heavy atom. The summed E-state index contributed by atoms with van der Waals surface area (Å²) in [4.78, 5) is 44.4. The number of nitrogens with one attached hydrogen (secondary N) is 1. The van der Waals surface area contributed by atoms with Crippen LogP contribution in [-0.4, -0.2) is 33.6 Å². The highest BCUT2D eigenvalue weighted by atomic mass is 35.5. The van der Waals surface area contributed by atoms with Crippen LogP contribution in [-0.2, 0) is 4.74 Å². The van der Waals surface area contributed by atoms with Gasteiger partial charge in [-0.2, -0.15) is 0 Å². The summed E-state index contributed by atoms with van der Waals surface area (Å²) in [5, 5.41) is 0.744. The minimum atomic E-state index is -1.05. The highest BCUT2D eigenvalue weighted by Gasteiger charge is 2.27. The molecule has 1 N–H and O–H groups in total. The summed E-state index contributed by atoms with van der Waals surface area (Å²) in [6.45, 7) is 6.36. The van der Waals surface area contributed by atoms with E-state index in [0.29, 0.717) is 27.7 Å². The smallest absolute Gasteiger partial charge is 0.339 e. The van der Waals surface area contributed by atoms with Crippen molar-refractivity contribution in [1.29, 1.82) is 0 Å². The Labute approximate surface area is 166 Å². The van der Waals surface area contributed by atoms with Crippen LogP contribution < -0.4 is 0 Å². The van der Waals surface area contributed by atoms with Gasteiger partial charge in [0.15, 0.2) is 11.9 Å². The van der Waals surface area contributed by atoms with Gasteiger partial charge in [0.05, 0.1) is 16.8 Å². The third-order valence-electron chi connectivity index (χ3n) is 4.59. The molecule has 7 heteroatoms. The number of ketones is 2. The Kier molecular flexibility index (Phi) is 5.34. The van der Waals surface area contributed by atoms with Crippen LogP contribution in [0.2, 0.25) is 5.15 Å². The first-order chi connectivity index (χ1) is 13.2. The second kappa shape index (κ2) is 7.56. The molecule has 6 nitrogen and oxygen atoms in total. The number of pyridine rings is 1. The lowest BCUT2D eigenvalue weighted by atomic mass is 10.0. The van der Waals surface area contributed by atoms with E-state index in [1.807, 2.05) is 0 Å². The van der Waals surface area contributed by atoms with Crippen LogP contribution in [0.1, 0.15) is 56.3 Å². The van der Waals surface area contributed by atoms with Gasteiger partial charge >= 0.3 is 5.97 Å². The molecule has 0 saturated heterocycles. The zero-order valence-corrected chi connectivity index (χ0v) is 16.7. The number of para-hydroxylation sites is 1. The van der Waals surface area contributed by atoms with Crippen molar-refractivity contribution in [3.63, 3.8) is 0 Å². The molecule has 0 aliphatic heterocycles. The predicted molar refractivity (Wildman–Crippen MR) is 106 cm³/mol. The minimum absolute atomic E-state index is 0.132. The zero-order chi connectivity index (χ0) is 20.6. The molecule has 2 heterocycles. The molecule has 0 unspecified atom stereocenters. The number of Topliss-reactive ketones (excluding diaryl/α,β-unsaturated/α-hetero) is 2. The van der Waals surface area contributed by atoms with Crippen molar-refractivity contribution < 1.29 is 19.1 Å². The average Bonchev–Trinajstić information content (AvgIpc) is 2.94. The molecule has 0 bridgehead atoms. The first-order valence-electron chi connectivity index (χ1n) is 8.71. The van der Waals surface area contributed by atoms with Crippen LogP contribution >= 0.6 is 11.6 Å². The Bertz CT molecular complexity index is 1120. The third kappa shape index (κ3) is 3.55. The monoisotopic (exact) mass is 398 g/mol. The van der Waals surface area contributed by atoms with Crippen LogP contribution in [0.5, 0.6) is 0 Å². The van der Waals surface area contributed by atoms with E-state index in [2.05, 4.69) is 9.97 Å². The average molecular weight is 399 g/mol. The minimum Gasteiger partial charge on any atom is -0.451 e. The van der Waals surface area contributed by atoms with Gasteiger partial charge in [0, 0.05) is 16.6 Å². The zero-order valence-electron chi connectivity index (χ0n) is 15.9. The Balaban J connectivity index is 1.89. The number of esters is 1. The van der Waals surface area contributed by atoms with Gasteiger partial charge in [0.25, 0.3) is 0 Å². The van der Waals surface area contributed by atoms with Crippen LogP contribution in [0.25, 0.3) is 10.9 Å². The van der Waals surface area contributed by atoms with E-state index >= 15 is 0 Å². The maximum atomic E-state index is 12.8. The molecule has 3 rings (SSSR count). The summed E-state index contributed by atoms with van der Waals surface area (Å²) < 4.78 is 5.40. The number of halogens is 1. The Hall–Kier alpha value is -2.99. The molecule has 0 fully saturated rings. The molecule has 0 aliphatic carbocycles. The normalized spacial score (nSPS) is 12.0. The van der Waals surface area contributed by atoms with Crippen LogP contribution in [0.3, 0.4) is 0 Å². The summed E-state index contributed by atoms with van der Waals surface area (Å²) in [6.07, 6.45) is -1.05. The molecule has 3 aromatic rings. The van der Waals surface area contributed by atoms with Crippen molar-refractivity contribution in [3.8, 4) is 0 Å². The van der Waals surface area contributed by atoms with Crippen molar-refractivity contribution in [1.82, 2.24) is 9.97 Å². The molecule has 2 aromatic heterocycles. The number of carbonyl (C=O) groups is 3. The maximum absolute atomic E-state index is 12.8. The lowest BCUT2D eigenvalue weighted by Gasteiger charge is -2.13. The molecule has 28 heavy (non-hydrogen) atoms. The summed E-state index contributed by atoms with van der Waals surface area (Å²) >= 11 is 6.01. The summed E-state index contributed by atoms with van der Waals surface area (Å²) in [6, 6.07) is 8.45. The quantitative estimate of drug-likeness (QED) is 0.389. The van der Waals surface area contributed by atoms with Gasteiger partial charge in [0.1, 0.15) is 5.15 Å². The summed E-state index contributed by atoms with van der Waals surface area (Å²) in [5.74, 6) is -1.21. The number of carbonyl (C=O) groups excluding carboxylic acids is 3. The van der Waals surface area contributed by atoms with Crippen molar-refractivity contribution >= 4 is 40.0 Å². The van der Waals surface area contributed by atoms with Gasteiger partial charge < -0.3 is 9.72 Å². The number of aryl methyl sites for hydroxylation is 1. The lowest BCUT2D eigenvalue weighted by molar-refractivity contribution is 0.0318. The second-order valence-corrected chi connectivity index (χ2v) is 6.99. The number of benzene rings is 1. The van der Waals surface area contributed by atoms with E-state index in [1.54, 1.807) is 38.1 Å². The fraction of sp³-hybridized carbons (Fsp3) is 0.238. The molecule has 0 aliphatic rings. The maximum Gasteiger partial charge on any atom is 0.339 e. The molecule has 144 valence electrons. The Morgan fingerprint density at radius 2 is 1.86 bits per heavy atom. The highest BCUT2D eigenvalue weighted by Crippen LogP contribution is 2.24. The molecular formula is C21H19ClN2O4. The second-order valence-electron chi connectivity index (χ2n) is 6.60. The molecule has 0 radical (unpaired) electrons. The van der Waals surface area contributed by atoms with Crippen LogP contribution in [0.4, 0.5) is 0 Å². The largest absolute Gasteiger partial charge is 0.451 e. The van der Waals surface area contributed by atoms with E-state index in [1.165, 1.54) is 19.9 Å². The van der Waals surface area contributed by atoms with E-state index in [9.17, 15) is 14.4 Å². The number of rotatable bonds is 5. The number of hydrogen-bond acceptors (Lipinski definition) is 5. The number of ether oxygens (including phenoxy) is 1. The summed E-state index contributed by atoms with van der Waals surface area (Å²) in [7, 11) is 0. The fourth-order valence-corrected chi connectivity index (χ4v) is 3.52. The topological polar surface area (TPSA) is 89.1 Å². The SMILES string of the molecule is CC(=O)c1c(C)[nH]c(C(=O)[C@@H](C)OC(=O)c2cc(Cl)nc3ccccc23)c1C. The number of aromatic nitrogens is 2. The van der Waals surface area contributed by atoms with Gasteiger partial charge in [-0.15, -0.1) is 0 Å². The number of hydrogen-bond donors (Lipinski definition) is 1. The predicted octanol–water partition coefficient (Wildman–Crippen LogP) is 4.46. The summed E-state index contributed by atoms with van der Waals surface area (Å²) in [5.41, 5.74) is 2.70. The molecule has 0 saturated carbocycles. The molecule has 1 aromatic carbocycles. The standard InChI is InChI=1S/C21H19ClN2O4/c1-10-18(12(3)25)11(2)23-19(10)20(26)13(4)28-21(27)15-9-17(22)24-16-8-6-5-7-14(15)16/h5-9,13,23H,1-4H3/t13-/m1/s1. The van der Waals surface area contributed by atoms with Gasteiger partial charge in [-0.1, -0.05) is 29.8 Å². The van der Waals surface area contributed by atoms with Crippen LogP contribution in [0, 0.1) is 13.8 Å². The molecule has 0 spiro atoms. The van der Waals surface area contributed by atoms with Gasteiger partial charge in [0.2, 0.25) is 5.78 Å².